The maximum Gasteiger partial charge on any atom is 0.321 e. The zero-order valence-electron chi connectivity index (χ0n) is 15.1. The first-order valence-corrected chi connectivity index (χ1v) is 9.22. The summed E-state index contributed by atoms with van der Waals surface area (Å²) < 4.78 is 10.7. The second-order valence-electron chi connectivity index (χ2n) is 6.07. The van der Waals surface area contributed by atoms with Crippen LogP contribution in [0, 0.1) is 0 Å². The van der Waals surface area contributed by atoms with Crippen LogP contribution in [-0.2, 0) is 4.74 Å². The Morgan fingerprint density at radius 3 is 2.84 bits per heavy atom. The van der Waals surface area contributed by atoms with Gasteiger partial charge < -0.3 is 24.6 Å². The van der Waals surface area contributed by atoms with Gasteiger partial charge in [0.15, 0.2) is 5.75 Å². The second kappa shape index (κ2) is 10.5. The van der Waals surface area contributed by atoms with E-state index in [9.17, 15) is 4.79 Å². The number of ether oxygens (including phenoxy) is 2. The number of para-hydroxylation sites is 1. The van der Waals surface area contributed by atoms with E-state index in [-0.39, 0.29) is 6.03 Å². The van der Waals surface area contributed by atoms with Crippen molar-refractivity contribution in [3.05, 3.63) is 23.2 Å². The molecule has 1 N–H and O–H groups in total. The number of halogens is 1. The van der Waals surface area contributed by atoms with Gasteiger partial charge >= 0.3 is 6.03 Å². The molecule has 0 atom stereocenters. The van der Waals surface area contributed by atoms with Crippen LogP contribution in [0.2, 0.25) is 5.02 Å². The minimum absolute atomic E-state index is 0.114. The third kappa shape index (κ3) is 6.06. The monoisotopic (exact) mass is 369 g/mol. The number of urea groups is 1. The molecule has 1 aromatic carbocycles. The number of hydrogen-bond acceptors (Lipinski definition) is 4. The van der Waals surface area contributed by atoms with Gasteiger partial charge in [0, 0.05) is 26.7 Å². The highest BCUT2D eigenvalue weighted by atomic mass is 35.5. The van der Waals surface area contributed by atoms with Gasteiger partial charge in [0.25, 0.3) is 0 Å². The van der Waals surface area contributed by atoms with Crippen LogP contribution in [-0.4, -0.2) is 68.9 Å². The number of nitrogens with zero attached hydrogens (tertiary/aromatic N) is 2. The van der Waals surface area contributed by atoms with Gasteiger partial charge in [-0.2, -0.15) is 0 Å². The van der Waals surface area contributed by atoms with Gasteiger partial charge in [-0.1, -0.05) is 24.6 Å². The lowest BCUT2D eigenvalue weighted by atomic mass is 10.3. The number of hydrogen-bond donors (Lipinski definition) is 1. The van der Waals surface area contributed by atoms with Crippen molar-refractivity contribution in [2.75, 3.05) is 58.4 Å². The maximum atomic E-state index is 12.7. The smallest absolute Gasteiger partial charge is 0.321 e. The summed E-state index contributed by atoms with van der Waals surface area (Å²) in [7, 11) is 1.61. The van der Waals surface area contributed by atoms with Crippen LogP contribution in [0.5, 0.6) is 5.75 Å². The molecule has 0 saturated carbocycles. The van der Waals surface area contributed by atoms with E-state index in [1.54, 1.807) is 25.3 Å². The largest absolute Gasteiger partial charge is 0.487 e. The zero-order chi connectivity index (χ0) is 18.1. The molecule has 1 saturated heterocycles. The number of carbonyl (C=O) groups excluding carboxylic acids is 1. The van der Waals surface area contributed by atoms with Gasteiger partial charge in [0.1, 0.15) is 6.61 Å². The van der Waals surface area contributed by atoms with Crippen molar-refractivity contribution >= 4 is 23.3 Å². The molecule has 6 nitrogen and oxygen atoms in total. The lowest BCUT2D eigenvalue weighted by Gasteiger charge is -2.23. The van der Waals surface area contributed by atoms with Crippen LogP contribution in [0.1, 0.15) is 19.8 Å². The molecule has 7 heteroatoms. The fourth-order valence-corrected chi connectivity index (χ4v) is 3.12. The van der Waals surface area contributed by atoms with Crippen molar-refractivity contribution < 1.29 is 14.3 Å². The molecule has 1 aromatic rings. The van der Waals surface area contributed by atoms with E-state index in [2.05, 4.69) is 17.1 Å². The molecule has 0 radical (unpaired) electrons. The third-order valence-electron chi connectivity index (χ3n) is 4.16. The molecule has 25 heavy (non-hydrogen) atoms. The number of nitrogens with one attached hydrogen (secondary N) is 1. The molecule has 0 unspecified atom stereocenters. The molecule has 140 valence electrons. The molecular formula is C18H28ClN3O3. The summed E-state index contributed by atoms with van der Waals surface area (Å²) >= 11 is 6.22. The van der Waals surface area contributed by atoms with E-state index in [4.69, 9.17) is 21.1 Å². The third-order valence-corrected chi connectivity index (χ3v) is 4.46. The molecule has 0 spiro atoms. The molecule has 0 bridgehead atoms. The Kier molecular flexibility index (Phi) is 8.31. The summed E-state index contributed by atoms with van der Waals surface area (Å²) in [6, 6.07) is 5.23. The molecule has 1 aliphatic rings. The number of rotatable bonds is 7. The molecule has 0 aliphatic carbocycles. The SMILES string of the molecule is CCCN1CCCN(C(=O)Nc2cccc(Cl)c2OCCOC)CC1. The van der Waals surface area contributed by atoms with Crippen molar-refractivity contribution in [3.8, 4) is 5.75 Å². The van der Waals surface area contributed by atoms with Crippen LogP contribution >= 0.6 is 11.6 Å². The van der Waals surface area contributed by atoms with Gasteiger partial charge in [0.05, 0.1) is 17.3 Å². The van der Waals surface area contributed by atoms with Crippen molar-refractivity contribution in [2.24, 2.45) is 0 Å². The van der Waals surface area contributed by atoms with Crippen LogP contribution in [0.4, 0.5) is 10.5 Å². The van der Waals surface area contributed by atoms with Gasteiger partial charge in [-0.15, -0.1) is 0 Å². The molecule has 1 aliphatic heterocycles. The summed E-state index contributed by atoms with van der Waals surface area (Å²) in [6.45, 7) is 7.53. The summed E-state index contributed by atoms with van der Waals surface area (Å²) in [6.07, 6.45) is 2.12. The first-order chi connectivity index (χ1) is 12.2. The second-order valence-corrected chi connectivity index (χ2v) is 6.48. The van der Waals surface area contributed by atoms with E-state index in [1.165, 1.54) is 0 Å². The van der Waals surface area contributed by atoms with E-state index in [0.717, 1.165) is 45.6 Å². The Hall–Kier alpha value is -1.50. The first kappa shape index (κ1) is 19.8. The average molecular weight is 370 g/mol. The maximum absolute atomic E-state index is 12.7. The molecule has 2 rings (SSSR count). The van der Waals surface area contributed by atoms with Crippen molar-refractivity contribution in [1.82, 2.24) is 9.80 Å². The fraction of sp³-hybridized carbons (Fsp3) is 0.611. The number of methoxy groups -OCH3 is 1. The topological polar surface area (TPSA) is 54.0 Å². The molecule has 0 aromatic heterocycles. The number of carbonyl (C=O) groups is 1. The van der Waals surface area contributed by atoms with Crippen LogP contribution in [0.15, 0.2) is 18.2 Å². The Morgan fingerprint density at radius 2 is 2.08 bits per heavy atom. The number of benzene rings is 1. The van der Waals surface area contributed by atoms with Crippen LogP contribution in [0.3, 0.4) is 0 Å². The van der Waals surface area contributed by atoms with Crippen molar-refractivity contribution in [1.29, 1.82) is 0 Å². The van der Waals surface area contributed by atoms with Crippen molar-refractivity contribution in [2.45, 2.75) is 19.8 Å². The van der Waals surface area contributed by atoms with E-state index in [1.807, 2.05) is 4.90 Å². The predicted molar refractivity (Wildman–Crippen MR) is 101 cm³/mol. The Morgan fingerprint density at radius 1 is 1.24 bits per heavy atom. The molecule has 1 fully saturated rings. The summed E-state index contributed by atoms with van der Waals surface area (Å²) in [4.78, 5) is 16.9. The Balaban J connectivity index is 1.98. The predicted octanol–water partition coefficient (Wildman–Crippen LogP) is 3.31. The molecular weight excluding hydrogens is 342 g/mol. The lowest BCUT2D eigenvalue weighted by molar-refractivity contribution is 0.146. The van der Waals surface area contributed by atoms with E-state index in [0.29, 0.717) is 29.7 Å². The standard InChI is InChI=1S/C18H28ClN3O3/c1-3-8-21-9-5-10-22(12-11-21)18(23)20-16-7-4-6-15(19)17(16)25-14-13-24-2/h4,6-7H,3,5,8-14H2,1-2H3,(H,20,23). The zero-order valence-corrected chi connectivity index (χ0v) is 15.8. The highest BCUT2D eigenvalue weighted by Gasteiger charge is 2.20. The number of amides is 2. The highest BCUT2D eigenvalue weighted by Crippen LogP contribution is 2.33. The molecule has 2 amide bonds. The first-order valence-electron chi connectivity index (χ1n) is 8.84. The van der Waals surface area contributed by atoms with Crippen LogP contribution < -0.4 is 10.1 Å². The van der Waals surface area contributed by atoms with Gasteiger partial charge in [-0.3, -0.25) is 0 Å². The minimum atomic E-state index is -0.114. The van der Waals surface area contributed by atoms with E-state index >= 15 is 0 Å². The average Bonchev–Trinajstić information content (AvgIpc) is 2.83. The van der Waals surface area contributed by atoms with Gasteiger partial charge in [-0.25, -0.2) is 4.79 Å². The normalized spacial score (nSPS) is 15.7. The lowest BCUT2D eigenvalue weighted by Crippen LogP contribution is -2.38. The molecule has 1 heterocycles. The summed E-state index contributed by atoms with van der Waals surface area (Å²) in [5.41, 5.74) is 0.586. The fourth-order valence-electron chi connectivity index (χ4n) is 2.89. The minimum Gasteiger partial charge on any atom is -0.487 e. The Bertz CT molecular complexity index is 556. The number of anilines is 1. The quantitative estimate of drug-likeness (QED) is 0.749. The van der Waals surface area contributed by atoms with Gasteiger partial charge in [0.2, 0.25) is 0 Å². The summed E-state index contributed by atoms with van der Waals surface area (Å²) in [5, 5.41) is 3.41. The summed E-state index contributed by atoms with van der Waals surface area (Å²) in [5.74, 6) is 0.483. The van der Waals surface area contributed by atoms with Crippen molar-refractivity contribution in [3.63, 3.8) is 0 Å². The van der Waals surface area contributed by atoms with E-state index < -0.39 is 0 Å². The highest BCUT2D eigenvalue weighted by molar-refractivity contribution is 6.32. The van der Waals surface area contributed by atoms with Gasteiger partial charge in [-0.05, 0) is 38.1 Å². The van der Waals surface area contributed by atoms with Crippen LogP contribution in [0.25, 0.3) is 0 Å². The Labute approximate surface area is 155 Å².